The molecule has 0 aromatic rings. The van der Waals surface area contributed by atoms with Crippen molar-refractivity contribution in [2.45, 2.75) is 41.0 Å². The summed E-state index contributed by atoms with van der Waals surface area (Å²) in [5, 5.41) is 6.76. The summed E-state index contributed by atoms with van der Waals surface area (Å²) in [6.07, 6.45) is 1.27. The number of rotatable bonds is 7. The van der Waals surface area contributed by atoms with Crippen molar-refractivity contribution in [3.05, 3.63) is 0 Å². The van der Waals surface area contributed by atoms with Crippen LogP contribution in [-0.2, 0) is 0 Å². The molecule has 0 aromatic heterocycles. The number of likely N-dealkylation sites (N-methyl/N-ethyl adjacent to an activating group) is 1. The van der Waals surface area contributed by atoms with Gasteiger partial charge >= 0.3 is 0 Å². The predicted molar refractivity (Wildman–Crippen MR) is 64.6 cm³/mol. The summed E-state index contributed by atoms with van der Waals surface area (Å²) in [5.41, 5.74) is 0.448. The average Bonchev–Trinajstić information content (AvgIpc) is 2.09. The smallest absolute Gasteiger partial charge is 0.00767 e. The van der Waals surface area contributed by atoms with Crippen LogP contribution in [0.3, 0.4) is 0 Å². The molecule has 14 heavy (non-hydrogen) atoms. The lowest BCUT2D eigenvalue weighted by Gasteiger charge is -2.27. The van der Waals surface area contributed by atoms with Gasteiger partial charge in [-0.1, -0.05) is 34.6 Å². The van der Waals surface area contributed by atoms with E-state index < -0.39 is 0 Å². The quantitative estimate of drug-likeness (QED) is 0.616. The van der Waals surface area contributed by atoms with E-state index in [2.05, 4.69) is 45.3 Å². The standard InChI is InChI=1S/C12H28N2/c1-6-13-9-10-14-8-7-11(2)12(3,4)5/h11,13-14H,6-10H2,1-5H3. The molecule has 0 aliphatic carbocycles. The molecule has 1 atom stereocenters. The summed E-state index contributed by atoms with van der Waals surface area (Å²) in [6, 6.07) is 0. The first-order valence-electron chi connectivity index (χ1n) is 5.90. The number of hydrogen-bond acceptors (Lipinski definition) is 2. The van der Waals surface area contributed by atoms with Crippen molar-refractivity contribution in [1.82, 2.24) is 10.6 Å². The van der Waals surface area contributed by atoms with Gasteiger partial charge in [0.05, 0.1) is 0 Å². The molecule has 0 bridgehead atoms. The van der Waals surface area contributed by atoms with Gasteiger partial charge in [-0.3, -0.25) is 0 Å². The third-order valence-electron chi connectivity index (χ3n) is 2.96. The Morgan fingerprint density at radius 3 is 2.07 bits per heavy atom. The highest BCUT2D eigenvalue weighted by atomic mass is 14.9. The maximum atomic E-state index is 3.46. The van der Waals surface area contributed by atoms with Crippen molar-refractivity contribution in [2.24, 2.45) is 11.3 Å². The van der Waals surface area contributed by atoms with E-state index >= 15 is 0 Å². The summed E-state index contributed by atoms with van der Waals surface area (Å²) in [6.45, 7) is 15.8. The van der Waals surface area contributed by atoms with Crippen LogP contribution < -0.4 is 10.6 Å². The summed E-state index contributed by atoms with van der Waals surface area (Å²) in [4.78, 5) is 0. The molecule has 0 spiro atoms. The van der Waals surface area contributed by atoms with E-state index in [9.17, 15) is 0 Å². The van der Waals surface area contributed by atoms with E-state index in [0.717, 1.165) is 32.1 Å². The minimum atomic E-state index is 0.448. The van der Waals surface area contributed by atoms with E-state index in [1.54, 1.807) is 0 Å². The molecule has 2 heteroatoms. The SMILES string of the molecule is CCNCCNCCC(C)C(C)(C)C. The zero-order valence-electron chi connectivity index (χ0n) is 10.6. The van der Waals surface area contributed by atoms with Crippen molar-refractivity contribution in [2.75, 3.05) is 26.2 Å². The highest BCUT2D eigenvalue weighted by Crippen LogP contribution is 2.27. The third-order valence-corrected chi connectivity index (χ3v) is 2.96. The zero-order valence-corrected chi connectivity index (χ0v) is 10.6. The van der Waals surface area contributed by atoms with Crippen LogP contribution in [0.2, 0.25) is 0 Å². The summed E-state index contributed by atoms with van der Waals surface area (Å²) < 4.78 is 0. The van der Waals surface area contributed by atoms with Gasteiger partial charge in [0.15, 0.2) is 0 Å². The van der Waals surface area contributed by atoms with E-state index in [0.29, 0.717) is 5.41 Å². The van der Waals surface area contributed by atoms with Crippen LogP contribution in [0.25, 0.3) is 0 Å². The molecule has 0 aliphatic rings. The van der Waals surface area contributed by atoms with Crippen LogP contribution in [0, 0.1) is 11.3 Å². The monoisotopic (exact) mass is 200 g/mol. The van der Waals surface area contributed by atoms with Crippen molar-refractivity contribution < 1.29 is 0 Å². The second-order valence-corrected chi connectivity index (χ2v) is 5.16. The largest absolute Gasteiger partial charge is 0.316 e. The van der Waals surface area contributed by atoms with Gasteiger partial charge in [0.2, 0.25) is 0 Å². The molecular weight excluding hydrogens is 172 g/mol. The van der Waals surface area contributed by atoms with Crippen LogP contribution in [0.1, 0.15) is 41.0 Å². The summed E-state index contributed by atoms with van der Waals surface area (Å²) in [7, 11) is 0. The minimum absolute atomic E-state index is 0.448. The van der Waals surface area contributed by atoms with E-state index in [-0.39, 0.29) is 0 Å². The molecule has 0 aliphatic heterocycles. The number of nitrogens with one attached hydrogen (secondary N) is 2. The lowest BCUT2D eigenvalue weighted by molar-refractivity contribution is 0.245. The van der Waals surface area contributed by atoms with Crippen LogP contribution in [0.15, 0.2) is 0 Å². The maximum Gasteiger partial charge on any atom is 0.00767 e. The van der Waals surface area contributed by atoms with Crippen molar-refractivity contribution in [1.29, 1.82) is 0 Å². The van der Waals surface area contributed by atoms with Crippen molar-refractivity contribution >= 4 is 0 Å². The van der Waals surface area contributed by atoms with Crippen LogP contribution in [-0.4, -0.2) is 26.2 Å². The first-order chi connectivity index (χ1) is 6.48. The predicted octanol–water partition coefficient (Wildman–Crippen LogP) is 2.26. The molecule has 0 saturated carbocycles. The molecule has 0 radical (unpaired) electrons. The Balaban J connectivity index is 3.28. The first kappa shape index (κ1) is 13.9. The van der Waals surface area contributed by atoms with Crippen LogP contribution in [0.5, 0.6) is 0 Å². The summed E-state index contributed by atoms with van der Waals surface area (Å²) in [5.74, 6) is 0.786. The van der Waals surface area contributed by atoms with Gasteiger partial charge in [0.25, 0.3) is 0 Å². The molecule has 0 amide bonds. The van der Waals surface area contributed by atoms with E-state index in [1.165, 1.54) is 6.42 Å². The fourth-order valence-corrected chi connectivity index (χ4v) is 1.23. The van der Waals surface area contributed by atoms with Crippen molar-refractivity contribution in [3.8, 4) is 0 Å². The second-order valence-electron chi connectivity index (χ2n) is 5.16. The van der Waals surface area contributed by atoms with E-state index in [4.69, 9.17) is 0 Å². The zero-order chi connectivity index (χ0) is 11.0. The topological polar surface area (TPSA) is 24.1 Å². The average molecular weight is 200 g/mol. The van der Waals surface area contributed by atoms with Gasteiger partial charge in [-0.05, 0) is 30.8 Å². The van der Waals surface area contributed by atoms with Gasteiger partial charge in [0, 0.05) is 13.1 Å². The molecule has 86 valence electrons. The van der Waals surface area contributed by atoms with Gasteiger partial charge in [-0.25, -0.2) is 0 Å². The Labute approximate surface area is 89.9 Å². The Morgan fingerprint density at radius 2 is 1.57 bits per heavy atom. The van der Waals surface area contributed by atoms with Crippen molar-refractivity contribution in [3.63, 3.8) is 0 Å². The summed E-state index contributed by atoms with van der Waals surface area (Å²) >= 11 is 0. The molecule has 0 fully saturated rings. The molecule has 2 N–H and O–H groups in total. The first-order valence-corrected chi connectivity index (χ1v) is 5.90. The normalized spacial score (nSPS) is 14.4. The third kappa shape index (κ3) is 7.34. The van der Waals surface area contributed by atoms with Gasteiger partial charge in [-0.2, -0.15) is 0 Å². The molecule has 0 heterocycles. The molecule has 0 aromatic carbocycles. The Bertz CT molecular complexity index is 127. The highest BCUT2D eigenvalue weighted by molar-refractivity contribution is 4.70. The highest BCUT2D eigenvalue weighted by Gasteiger charge is 2.18. The van der Waals surface area contributed by atoms with Crippen LogP contribution in [0.4, 0.5) is 0 Å². The van der Waals surface area contributed by atoms with Gasteiger partial charge in [-0.15, -0.1) is 0 Å². The lowest BCUT2D eigenvalue weighted by atomic mass is 9.80. The minimum Gasteiger partial charge on any atom is -0.316 e. The molecule has 2 nitrogen and oxygen atoms in total. The molecule has 1 unspecified atom stereocenters. The maximum absolute atomic E-state index is 3.46. The van der Waals surface area contributed by atoms with Gasteiger partial charge in [0.1, 0.15) is 0 Å². The number of hydrogen-bond donors (Lipinski definition) is 2. The van der Waals surface area contributed by atoms with E-state index in [1.807, 2.05) is 0 Å². The molecule has 0 saturated heterocycles. The second kappa shape index (κ2) is 7.24. The van der Waals surface area contributed by atoms with Gasteiger partial charge < -0.3 is 10.6 Å². The lowest BCUT2D eigenvalue weighted by Crippen LogP contribution is -2.29. The Hall–Kier alpha value is -0.0800. The fourth-order valence-electron chi connectivity index (χ4n) is 1.23. The fraction of sp³-hybridized carbons (Fsp3) is 1.00. The molecular formula is C12H28N2. The molecule has 0 rings (SSSR count). The Kier molecular flexibility index (Phi) is 7.20. The Morgan fingerprint density at radius 1 is 1.00 bits per heavy atom. The van der Waals surface area contributed by atoms with Crippen LogP contribution >= 0.6 is 0 Å².